The smallest absolute Gasteiger partial charge is 0.162 e. The van der Waals surface area contributed by atoms with Gasteiger partial charge in [0.05, 0.1) is 11.6 Å². The molecule has 0 bridgehead atoms. The number of hydrogen-bond acceptors (Lipinski definition) is 3. The van der Waals surface area contributed by atoms with Crippen molar-refractivity contribution in [2.24, 2.45) is 0 Å². The van der Waals surface area contributed by atoms with E-state index in [1.165, 1.54) is 0 Å². The summed E-state index contributed by atoms with van der Waals surface area (Å²) in [4.78, 5) is 0. The van der Waals surface area contributed by atoms with E-state index in [1.54, 1.807) is 6.07 Å². The van der Waals surface area contributed by atoms with Gasteiger partial charge in [-0.05, 0) is 19.9 Å². The highest BCUT2D eigenvalue weighted by Gasteiger charge is 2.04. The van der Waals surface area contributed by atoms with Gasteiger partial charge in [-0.1, -0.05) is 0 Å². The monoisotopic (exact) mass is 172 g/mol. The zero-order valence-electron chi connectivity index (χ0n) is 7.44. The lowest BCUT2D eigenvalue weighted by Gasteiger charge is -2.00. The maximum Gasteiger partial charge on any atom is 0.162 e. The average molecular weight is 172 g/mol. The van der Waals surface area contributed by atoms with Crippen LogP contribution in [0.15, 0.2) is 12.1 Å². The Morgan fingerprint density at radius 2 is 2.08 bits per heavy atom. The Hall–Kier alpha value is -1.89. The van der Waals surface area contributed by atoms with E-state index in [0.717, 1.165) is 17.2 Å². The second-order valence-corrected chi connectivity index (χ2v) is 2.94. The van der Waals surface area contributed by atoms with Crippen LogP contribution >= 0.6 is 0 Å². The van der Waals surface area contributed by atoms with Gasteiger partial charge in [-0.3, -0.25) is 4.40 Å². The SMILES string of the molecule is Cc1cc(C#N)cc2nnc(C)n12. The van der Waals surface area contributed by atoms with Crippen LogP contribution in [0.2, 0.25) is 0 Å². The Morgan fingerprint density at radius 1 is 1.31 bits per heavy atom. The van der Waals surface area contributed by atoms with Gasteiger partial charge in [0.15, 0.2) is 5.65 Å². The first kappa shape index (κ1) is 7.74. The number of aryl methyl sites for hydroxylation is 2. The lowest BCUT2D eigenvalue weighted by Crippen LogP contribution is -1.94. The van der Waals surface area contributed by atoms with Crippen LogP contribution in [0.3, 0.4) is 0 Å². The predicted molar refractivity (Wildman–Crippen MR) is 47.2 cm³/mol. The second kappa shape index (κ2) is 2.56. The normalized spacial score (nSPS) is 10.2. The van der Waals surface area contributed by atoms with Crippen molar-refractivity contribution in [3.05, 3.63) is 29.2 Å². The number of pyridine rings is 1. The molecule has 0 aliphatic rings. The van der Waals surface area contributed by atoms with Gasteiger partial charge in [0.2, 0.25) is 0 Å². The molecule has 0 aliphatic heterocycles. The van der Waals surface area contributed by atoms with Gasteiger partial charge >= 0.3 is 0 Å². The lowest BCUT2D eigenvalue weighted by molar-refractivity contribution is 0.977. The van der Waals surface area contributed by atoms with Gasteiger partial charge in [0, 0.05) is 11.8 Å². The van der Waals surface area contributed by atoms with Gasteiger partial charge in [0.1, 0.15) is 5.82 Å². The van der Waals surface area contributed by atoms with E-state index in [1.807, 2.05) is 24.3 Å². The van der Waals surface area contributed by atoms with Crippen molar-refractivity contribution in [2.75, 3.05) is 0 Å². The van der Waals surface area contributed by atoms with E-state index in [2.05, 4.69) is 16.3 Å². The third-order valence-corrected chi connectivity index (χ3v) is 1.98. The zero-order valence-corrected chi connectivity index (χ0v) is 7.44. The molecule has 0 fully saturated rings. The fraction of sp³-hybridized carbons (Fsp3) is 0.222. The molecule has 0 aliphatic carbocycles. The topological polar surface area (TPSA) is 54.0 Å². The Balaban J connectivity index is 2.89. The van der Waals surface area contributed by atoms with E-state index < -0.39 is 0 Å². The molecular weight excluding hydrogens is 164 g/mol. The van der Waals surface area contributed by atoms with E-state index in [0.29, 0.717) is 5.56 Å². The lowest BCUT2D eigenvalue weighted by atomic mass is 10.2. The zero-order chi connectivity index (χ0) is 9.42. The second-order valence-electron chi connectivity index (χ2n) is 2.94. The Morgan fingerprint density at radius 3 is 2.77 bits per heavy atom. The van der Waals surface area contributed by atoms with Crippen molar-refractivity contribution >= 4 is 5.65 Å². The first-order chi connectivity index (χ1) is 6.22. The maximum atomic E-state index is 8.72. The molecule has 13 heavy (non-hydrogen) atoms. The standard InChI is InChI=1S/C9H8N4/c1-6-3-8(5-10)4-9-12-11-7(2)13(6)9/h3-4H,1-2H3. The van der Waals surface area contributed by atoms with E-state index >= 15 is 0 Å². The minimum Gasteiger partial charge on any atom is -0.284 e. The molecule has 4 nitrogen and oxygen atoms in total. The average Bonchev–Trinajstić information content (AvgIpc) is 2.48. The molecule has 0 saturated heterocycles. The molecular formula is C9H8N4. The van der Waals surface area contributed by atoms with E-state index in [-0.39, 0.29) is 0 Å². The van der Waals surface area contributed by atoms with Gasteiger partial charge in [-0.15, -0.1) is 10.2 Å². The molecule has 0 unspecified atom stereocenters. The highest BCUT2D eigenvalue weighted by molar-refractivity contribution is 5.47. The van der Waals surface area contributed by atoms with Gasteiger partial charge in [0.25, 0.3) is 0 Å². The summed E-state index contributed by atoms with van der Waals surface area (Å²) in [6, 6.07) is 5.64. The number of nitriles is 1. The molecule has 0 N–H and O–H groups in total. The third kappa shape index (κ3) is 1.05. The summed E-state index contributed by atoms with van der Waals surface area (Å²) in [6.45, 7) is 3.82. The van der Waals surface area contributed by atoms with Crippen LogP contribution < -0.4 is 0 Å². The number of nitrogens with zero attached hydrogens (tertiary/aromatic N) is 4. The summed E-state index contributed by atoms with van der Waals surface area (Å²) in [6.07, 6.45) is 0. The molecule has 64 valence electrons. The highest BCUT2D eigenvalue weighted by Crippen LogP contribution is 2.10. The van der Waals surface area contributed by atoms with Crippen LogP contribution in [0.1, 0.15) is 17.1 Å². The maximum absolute atomic E-state index is 8.72. The van der Waals surface area contributed by atoms with Gasteiger partial charge < -0.3 is 0 Å². The summed E-state index contributed by atoms with van der Waals surface area (Å²) in [7, 11) is 0. The fourth-order valence-corrected chi connectivity index (χ4v) is 1.44. The molecule has 0 amide bonds. The van der Waals surface area contributed by atoms with Gasteiger partial charge in [-0.25, -0.2) is 0 Å². The molecule has 0 aromatic carbocycles. The summed E-state index contributed by atoms with van der Waals surface area (Å²) >= 11 is 0. The molecule has 0 radical (unpaired) electrons. The summed E-state index contributed by atoms with van der Waals surface area (Å²) < 4.78 is 1.92. The van der Waals surface area contributed by atoms with Crippen LogP contribution in [-0.2, 0) is 0 Å². The van der Waals surface area contributed by atoms with Crippen LogP contribution in [0.5, 0.6) is 0 Å². The molecule has 2 aromatic rings. The molecule has 2 rings (SSSR count). The van der Waals surface area contributed by atoms with Crippen molar-refractivity contribution in [3.8, 4) is 6.07 Å². The van der Waals surface area contributed by atoms with E-state index in [4.69, 9.17) is 5.26 Å². The Kier molecular flexibility index (Phi) is 1.52. The van der Waals surface area contributed by atoms with Crippen molar-refractivity contribution in [1.29, 1.82) is 5.26 Å². The number of rotatable bonds is 0. The molecule has 0 atom stereocenters. The molecule has 2 heterocycles. The molecule has 0 saturated carbocycles. The third-order valence-electron chi connectivity index (χ3n) is 1.98. The van der Waals surface area contributed by atoms with Crippen molar-refractivity contribution in [2.45, 2.75) is 13.8 Å². The van der Waals surface area contributed by atoms with Gasteiger partial charge in [-0.2, -0.15) is 5.26 Å². The van der Waals surface area contributed by atoms with Crippen LogP contribution in [0, 0.1) is 25.2 Å². The Bertz CT molecular complexity index is 504. The largest absolute Gasteiger partial charge is 0.284 e. The predicted octanol–water partition coefficient (Wildman–Crippen LogP) is 1.22. The summed E-state index contributed by atoms with van der Waals surface area (Å²) in [5.41, 5.74) is 2.34. The minimum atomic E-state index is 0.623. The van der Waals surface area contributed by atoms with Crippen molar-refractivity contribution < 1.29 is 0 Å². The number of fused-ring (bicyclic) bond motifs is 1. The van der Waals surface area contributed by atoms with E-state index in [9.17, 15) is 0 Å². The van der Waals surface area contributed by atoms with Crippen LogP contribution in [-0.4, -0.2) is 14.6 Å². The summed E-state index contributed by atoms with van der Waals surface area (Å²) in [5.74, 6) is 0.844. The molecule has 0 spiro atoms. The van der Waals surface area contributed by atoms with Crippen LogP contribution in [0.4, 0.5) is 0 Å². The van der Waals surface area contributed by atoms with Crippen molar-refractivity contribution in [3.63, 3.8) is 0 Å². The Labute approximate surface area is 75.4 Å². The fourth-order valence-electron chi connectivity index (χ4n) is 1.44. The quantitative estimate of drug-likeness (QED) is 0.600. The molecule has 4 heteroatoms. The summed E-state index contributed by atoms with van der Waals surface area (Å²) in [5, 5.41) is 16.6. The first-order valence-corrected chi connectivity index (χ1v) is 3.95. The molecule has 2 aromatic heterocycles. The number of hydrogen-bond donors (Lipinski definition) is 0. The van der Waals surface area contributed by atoms with Crippen molar-refractivity contribution in [1.82, 2.24) is 14.6 Å². The first-order valence-electron chi connectivity index (χ1n) is 3.95. The highest BCUT2D eigenvalue weighted by atomic mass is 15.2. The van der Waals surface area contributed by atoms with Crippen LogP contribution in [0.25, 0.3) is 5.65 Å². The number of aromatic nitrogens is 3. The minimum absolute atomic E-state index is 0.623.